The zero-order chi connectivity index (χ0) is 22.1. The quantitative estimate of drug-likeness (QED) is 0.386. The van der Waals surface area contributed by atoms with E-state index in [9.17, 15) is 19.2 Å². The number of anilines is 2. The molecule has 8 heteroatoms. The number of amides is 2. The molecule has 0 aliphatic carbocycles. The molecule has 1 atom stereocenters. The van der Waals surface area contributed by atoms with Gasteiger partial charge in [-0.25, -0.2) is 0 Å². The number of carboxylic acids is 1. The summed E-state index contributed by atoms with van der Waals surface area (Å²) in [5, 5.41) is 13.8. The Bertz CT molecular complexity index is 927. The zero-order valence-corrected chi connectivity index (χ0v) is 17.6. The van der Waals surface area contributed by atoms with Crippen LogP contribution in [0.2, 0.25) is 0 Å². The van der Waals surface area contributed by atoms with Crippen molar-refractivity contribution in [2.45, 2.75) is 43.3 Å². The molecule has 2 aromatic carbocycles. The second-order valence-corrected chi connectivity index (χ2v) is 7.88. The smallest absolute Gasteiger partial charge is 0.303 e. The maximum absolute atomic E-state index is 12.7. The van der Waals surface area contributed by atoms with Crippen molar-refractivity contribution in [1.29, 1.82) is 0 Å². The van der Waals surface area contributed by atoms with E-state index in [-0.39, 0.29) is 35.7 Å². The van der Waals surface area contributed by atoms with Crippen LogP contribution in [0.1, 0.15) is 43.5 Å². The number of Topliss-reactive ketones (excluding diaryl/α,β-unsaturated/α-hetero) is 1. The molecule has 1 unspecified atom stereocenters. The molecule has 0 aromatic heterocycles. The second kappa shape index (κ2) is 11.2. The first-order valence-corrected chi connectivity index (χ1v) is 10.4. The lowest BCUT2D eigenvalue weighted by Gasteiger charge is -2.15. The Morgan fingerprint density at radius 3 is 2.27 bits per heavy atom. The lowest BCUT2D eigenvalue weighted by Crippen LogP contribution is -2.24. The van der Waals surface area contributed by atoms with Crippen LogP contribution in [0.15, 0.2) is 53.4 Å². The van der Waals surface area contributed by atoms with Crippen molar-refractivity contribution in [1.82, 2.24) is 0 Å². The number of hydrogen-bond donors (Lipinski definition) is 3. The van der Waals surface area contributed by atoms with E-state index >= 15 is 0 Å². The summed E-state index contributed by atoms with van der Waals surface area (Å²) in [6.07, 6.45) is 0.262. The van der Waals surface area contributed by atoms with Gasteiger partial charge in [0.1, 0.15) is 0 Å². The number of nitrogens with one attached hydrogen (secondary N) is 2. The first-order valence-electron chi connectivity index (χ1n) is 9.48. The van der Waals surface area contributed by atoms with Gasteiger partial charge in [0.25, 0.3) is 0 Å². The molecule has 0 saturated carbocycles. The predicted molar refractivity (Wildman–Crippen MR) is 117 cm³/mol. The summed E-state index contributed by atoms with van der Waals surface area (Å²) >= 11 is 1.37. The predicted octanol–water partition coefficient (Wildman–Crippen LogP) is 4.20. The van der Waals surface area contributed by atoms with Gasteiger partial charge in [-0.15, -0.1) is 11.8 Å². The first-order chi connectivity index (χ1) is 14.3. The Morgan fingerprint density at radius 2 is 1.67 bits per heavy atom. The largest absolute Gasteiger partial charge is 0.481 e. The van der Waals surface area contributed by atoms with Crippen molar-refractivity contribution < 1.29 is 24.3 Å². The number of thioether (sulfide) groups is 1. The van der Waals surface area contributed by atoms with Gasteiger partial charge in [-0.05, 0) is 55.8 Å². The van der Waals surface area contributed by atoms with Gasteiger partial charge in [-0.3, -0.25) is 19.2 Å². The number of carbonyl (C=O) groups excluding carboxylic acids is 3. The summed E-state index contributed by atoms with van der Waals surface area (Å²) in [5.41, 5.74) is 1.74. The number of carbonyl (C=O) groups is 4. The maximum atomic E-state index is 12.7. The van der Waals surface area contributed by atoms with Crippen LogP contribution in [0.4, 0.5) is 11.4 Å². The number of rotatable bonds is 10. The highest BCUT2D eigenvalue weighted by molar-refractivity contribution is 8.00. The Balaban J connectivity index is 1.99. The summed E-state index contributed by atoms with van der Waals surface area (Å²) in [6.45, 7) is 3.40. The molecule has 3 N–H and O–H groups in total. The fourth-order valence-corrected chi connectivity index (χ4v) is 3.60. The van der Waals surface area contributed by atoms with Crippen LogP contribution in [-0.4, -0.2) is 33.9 Å². The van der Waals surface area contributed by atoms with Crippen molar-refractivity contribution in [3.8, 4) is 0 Å². The zero-order valence-electron chi connectivity index (χ0n) is 16.8. The molecule has 0 aliphatic rings. The molecule has 0 fully saturated rings. The summed E-state index contributed by atoms with van der Waals surface area (Å²) < 4.78 is 0. The molecule has 0 heterocycles. The van der Waals surface area contributed by atoms with Crippen LogP contribution >= 0.6 is 11.8 Å². The first kappa shape index (κ1) is 23.2. The summed E-state index contributed by atoms with van der Waals surface area (Å²) in [7, 11) is 0. The normalized spacial score (nSPS) is 11.4. The highest BCUT2D eigenvalue weighted by Gasteiger charge is 2.18. The highest BCUT2D eigenvalue weighted by Crippen LogP contribution is 2.28. The van der Waals surface area contributed by atoms with Gasteiger partial charge < -0.3 is 15.7 Å². The van der Waals surface area contributed by atoms with Crippen LogP contribution < -0.4 is 10.6 Å². The Morgan fingerprint density at radius 1 is 0.967 bits per heavy atom. The molecule has 7 nitrogen and oxygen atoms in total. The van der Waals surface area contributed by atoms with E-state index in [1.54, 1.807) is 42.5 Å². The van der Waals surface area contributed by atoms with Crippen molar-refractivity contribution in [2.24, 2.45) is 0 Å². The van der Waals surface area contributed by atoms with E-state index < -0.39 is 5.97 Å². The molecular formula is C22H24N2O5S. The van der Waals surface area contributed by atoms with Crippen LogP contribution in [0.5, 0.6) is 0 Å². The summed E-state index contributed by atoms with van der Waals surface area (Å²) in [6, 6.07) is 13.8. The average molecular weight is 429 g/mol. The molecule has 30 heavy (non-hydrogen) atoms. The number of hydrogen-bond acceptors (Lipinski definition) is 5. The van der Waals surface area contributed by atoms with Crippen molar-refractivity contribution in [2.75, 3.05) is 10.6 Å². The van der Waals surface area contributed by atoms with Crippen LogP contribution in [0, 0.1) is 0 Å². The Labute approximate surface area is 179 Å². The second-order valence-electron chi connectivity index (χ2n) is 6.61. The topological polar surface area (TPSA) is 113 Å². The molecule has 0 bridgehead atoms. The molecule has 2 rings (SSSR count). The fourth-order valence-electron chi connectivity index (χ4n) is 2.59. The van der Waals surface area contributed by atoms with Gasteiger partial charge >= 0.3 is 5.97 Å². The third-order valence-electron chi connectivity index (χ3n) is 4.18. The van der Waals surface area contributed by atoms with E-state index in [2.05, 4.69) is 10.6 Å². The van der Waals surface area contributed by atoms with Crippen LogP contribution in [0.25, 0.3) is 0 Å². The SMILES string of the molecule is CCC(Sc1cccc(NC(=O)CCC(=O)O)c1)C(=O)Nc1ccc(C(C)=O)cc1. The molecular weight excluding hydrogens is 404 g/mol. The molecule has 0 aliphatic heterocycles. The molecule has 0 saturated heterocycles. The summed E-state index contributed by atoms with van der Waals surface area (Å²) in [4.78, 5) is 47.2. The molecule has 2 aromatic rings. The van der Waals surface area contributed by atoms with E-state index in [0.29, 0.717) is 23.4 Å². The molecule has 158 valence electrons. The third-order valence-corrected chi connectivity index (χ3v) is 5.54. The monoisotopic (exact) mass is 428 g/mol. The van der Waals surface area contributed by atoms with Crippen LogP contribution in [-0.2, 0) is 14.4 Å². The minimum absolute atomic E-state index is 0.0372. The van der Waals surface area contributed by atoms with E-state index in [1.807, 2.05) is 13.0 Å². The van der Waals surface area contributed by atoms with Gasteiger partial charge in [-0.1, -0.05) is 13.0 Å². The van der Waals surface area contributed by atoms with Crippen molar-refractivity contribution >= 4 is 46.7 Å². The number of benzene rings is 2. The van der Waals surface area contributed by atoms with Gasteiger partial charge in [0.15, 0.2) is 5.78 Å². The summed E-state index contributed by atoms with van der Waals surface area (Å²) in [5.74, 6) is -1.60. The molecule has 0 radical (unpaired) electrons. The van der Waals surface area contributed by atoms with E-state index in [4.69, 9.17) is 5.11 Å². The Kier molecular flexibility index (Phi) is 8.61. The number of ketones is 1. The average Bonchev–Trinajstić information content (AvgIpc) is 2.71. The maximum Gasteiger partial charge on any atom is 0.303 e. The van der Waals surface area contributed by atoms with Gasteiger partial charge in [0, 0.05) is 28.3 Å². The fraction of sp³-hybridized carbons (Fsp3) is 0.273. The van der Waals surface area contributed by atoms with Gasteiger partial charge in [-0.2, -0.15) is 0 Å². The van der Waals surface area contributed by atoms with Crippen molar-refractivity contribution in [3.63, 3.8) is 0 Å². The van der Waals surface area contributed by atoms with Gasteiger partial charge in [0.2, 0.25) is 11.8 Å². The minimum atomic E-state index is -1.03. The number of carboxylic acid groups (broad SMARTS) is 1. The third kappa shape index (κ3) is 7.36. The lowest BCUT2D eigenvalue weighted by molar-refractivity contribution is -0.138. The van der Waals surface area contributed by atoms with Gasteiger partial charge in [0.05, 0.1) is 11.7 Å². The molecule has 2 amide bonds. The molecule has 0 spiro atoms. The van der Waals surface area contributed by atoms with Crippen molar-refractivity contribution in [3.05, 3.63) is 54.1 Å². The number of aliphatic carboxylic acids is 1. The van der Waals surface area contributed by atoms with Crippen LogP contribution in [0.3, 0.4) is 0 Å². The lowest BCUT2D eigenvalue weighted by atomic mass is 10.1. The van der Waals surface area contributed by atoms with E-state index in [1.165, 1.54) is 18.7 Å². The standard InChI is InChI=1S/C22H24N2O5S/c1-3-19(22(29)24-16-9-7-15(8-10-16)14(2)25)30-18-6-4-5-17(13-18)23-20(26)11-12-21(27)28/h4-10,13,19H,3,11-12H2,1-2H3,(H,23,26)(H,24,29)(H,27,28). The van der Waals surface area contributed by atoms with E-state index in [0.717, 1.165) is 4.90 Å². The minimum Gasteiger partial charge on any atom is -0.481 e. The Hall–Kier alpha value is -3.13. The highest BCUT2D eigenvalue weighted by atomic mass is 32.2.